The Hall–Kier alpha value is -1.53. The molecule has 0 aliphatic rings. The van der Waals surface area contributed by atoms with Gasteiger partial charge in [0.25, 0.3) is 0 Å². The van der Waals surface area contributed by atoms with Crippen molar-refractivity contribution < 1.29 is 4.74 Å². The molecule has 0 heterocycles. The van der Waals surface area contributed by atoms with Crippen LogP contribution in [-0.4, -0.2) is 12.6 Å². The predicted octanol–water partition coefficient (Wildman–Crippen LogP) is 2.48. The first-order valence-corrected chi connectivity index (χ1v) is 5.58. The topological polar surface area (TPSA) is 45.0 Å². The molecular weight excluding hydrogens is 200 g/mol. The van der Waals surface area contributed by atoms with Crippen LogP contribution in [0.2, 0.25) is 0 Å². The molecule has 1 aromatic carbocycles. The molecule has 16 heavy (non-hydrogen) atoms. The van der Waals surface area contributed by atoms with Gasteiger partial charge in [-0.05, 0) is 31.5 Å². The van der Waals surface area contributed by atoms with Gasteiger partial charge < -0.3 is 10.1 Å². The van der Waals surface area contributed by atoms with Crippen LogP contribution < -0.4 is 10.1 Å². The molecule has 86 valence electrons. The van der Waals surface area contributed by atoms with E-state index in [0.29, 0.717) is 13.0 Å². The van der Waals surface area contributed by atoms with E-state index in [1.807, 2.05) is 32.0 Å². The van der Waals surface area contributed by atoms with Crippen LogP contribution in [0.5, 0.6) is 5.75 Å². The second-order valence-electron chi connectivity index (χ2n) is 3.72. The van der Waals surface area contributed by atoms with E-state index in [-0.39, 0.29) is 6.04 Å². The third-order valence-corrected chi connectivity index (χ3v) is 2.26. The highest BCUT2D eigenvalue weighted by atomic mass is 16.5. The summed E-state index contributed by atoms with van der Waals surface area (Å²) in [6, 6.07) is 10.4. The van der Waals surface area contributed by atoms with Crippen molar-refractivity contribution in [1.82, 2.24) is 5.32 Å². The molecular formula is C13H18N2O. The van der Waals surface area contributed by atoms with Gasteiger partial charge in [0.15, 0.2) is 0 Å². The maximum Gasteiger partial charge on any atom is 0.119 e. The Kier molecular flexibility index (Phi) is 5.38. The van der Waals surface area contributed by atoms with Gasteiger partial charge in [-0.1, -0.05) is 12.1 Å². The van der Waals surface area contributed by atoms with Gasteiger partial charge in [0, 0.05) is 12.6 Å². The molecule has 0 saturated heterocycles. The number of nitrogens with one attached hydrogen (secondary N) is 1. The monoisotopic (exact) mass is 218 g/mol. The predicted molar refractivity (Wildman–Crippen MR) is 64.1 cm³/mol. The summed E-state index contributed by atoms with van der Waals surface area (Å²) in [6.07, 6.45) is 0.533. The number of nitrogens with zero attached hydrogens (tertiary/aromatic N) is 1. The van der Waals surface area contributed by atoms with E-state index in [2.05, 4.69) is 17.5 Å². The average molecular weight is 218 g/mol. The smallest absolute Gasteiger partial charge is 0.119 e. The third-order valence-electron chi connectivity index (χ3n) is 2.26. The second kappa shape index (κ2) is 6.86. The molecule has 1 N–H and O–H groups in total. The Morgan fingerprint density at radius 3 is 3.00 bits per heavy atom. The average Bonchev–Trinajstić information content (AvgIpc) is 2.28. The fourth-order valence-corrected chi connectivity index (χ4v) is 1.41. The minimum Gasteiger partial charge on any atom is -0.494 e. The highest BCUT2D eigenvalue weighted by Crippen LogP contribution is 2.13. The largest absolute Gasteiger partial charge is 0.494 e. The van der Waals surface area contributed by atoms with Crippen LogP contribution in [0.25, 0.3) is 0 Å². The molecule has 1 aromatic rings. The molecule has 0 aromatic heterocycles. The van der Waals surface area contributed by atoms with Crippen LogP contribution in [0.3, 0.4) is 0 Å². The summed E-state index contributed by atoms with van der Waals surface area (Å²) < 4.78 is 5.42. The number of hydrogen-bond donors (Lipinski definition) is 1. The molecule has 1 atom stereocenters. The van der Waals surface area contributed by atoms with E-state index < -0.39 is 0 Å². The fourth-order valence-electron chi connectivity index (χ4n) is 1.41. The summed E-state index contributed by atoms with van der Waals surface area (Å²) >= 11 is 0. The van der Waals surface area contributed by atoms with Crippen LogP contribution >= 0.6 is 0 Å². The van der Waals surface area contributed by atoms with Gasteiger partial charge >= 0.3 is 0 Å². The lowest BCUT2D eigenvalue weighted by molar-refractivity contribution is 0.339. The maximum absolute atomic E-state index is 8.54. The van der Waals surface area contributed by atoms with Gasteiger partial charge in [-0.3, -0.25) is 0 Å². The second-order valence-corrected chi connectivity index (χ2v) is 3.72. The Morgan fingerprint density at radius 2 is 2.31 bits per heavy atom. The van der Waals surface area contributed by atoms with E-state index in [0.717, 1.165) is 12.3 Å². The SMILES string of the molecule is CCOc1cccc(CNC(C)CC#N)c1. The lowest BCUT2D eigenvalue weighted by atomic mass is 10.2. The molecule has 0 aliphatic carbocycles. The minimum absolute atomic E-state index is 0.223. The van der Waals surface area contributed by atoms with Crippen molar-refractivity contribution in [2.75, 3.05) is 6.61 Å². The van der Waals surface area contributed by atoms with E-state index in [1.54, 1.807) is 0 Å². The van der Waals surface area contributed by atoms with Crippen molar-refractivity contribution in [2.24, 2.45) is 0 Å². The number of rotatable bonds is 6. The number of nitriles is 1. The normalized spacial score (nSPS) is 11.8. The molecule has 1 unspecified atom stereocenters. The Labute approximate surface area is 97.0 Å². The summed E-state index contributed by atoms with van der Waals surface area (Å²) in [5.74, 6) is 0.898. The van der Waals surface area contributed by atoms with Gasteiger partial charge in [0.1, 0.15) is 5.75 Å². The zero-order valence-corrected chi connectivity index (χ0v) is 9.86. The van der Waals surface area contributed by atoms with Gasteiger partial charge in [-0.15, -0.1) is 0 Å². The first-order valence-electron chi connectivity index (χ1n) is 5.58. The number of ether oxygens (including phenoxy) is 1. The van der Waals surface area contributed by atoms with E-state index in [4.69, 9.17) is 10.00 Å². The molecule has 1 rings (SSSR count). The highest BCUT2D eigenvalue weighted by molar-refractivity contribution is 5.28. The van der Waals surface area contributed by atoms with Gasteiger partial charge in [-0.25, -0.2) is 0 Å². The van der Waals surface area contributed by atoms with Crippen molar-refractivity contribution in [2.45, 2.75) is 32.9 Å². The summed E-state index contributed by atoms with van der Waals surface area (Å²) in [4.78, 5) is 0. The number of benzene rings is 1. The highest BCUT2D eigenvalue weighted by Gasteiger charge is 2.01. The summed E-state index contributed by atoms with van der Waals surface area (Å²) in [6.45, 7) is 5.43. The van der Waals surface area contributed by atoms with Crippen molar-refractivity contribution in [3.8, 4) is 11.8 Å². The van der Waals surface area contributed by atoms with Crippen molar-refractivity contribution in [3.63, 3.8) is 0 Å². The Balaban J connectivity index is 2.47. The van der Waals surface area contributed by atoms with E-state index in [1.165, 1.54) is 5.56 Å². The van der Waals surface area contributed by atoms with Crippen LogP contribution in [0, 0.1) is 11.3 Å². The lowest BCUT2D eigenvalue weighted by Gasteiger charge is -2.11. The summed E-state index contributed by atoms with van der Waals surface area (Å²) in [7, 11) is 0. The molecule has 3 heteroatoms. The van der Waals surface area contributed by atoms with Crippen LogP contribution in [0.15, 0.2) is 24.3 Å². The molecule has 0 aliphatic heterocycles. The van der Waals surface area contributed by atoms with E-state index >= 15 is 0 Å². The van der Waals surface area contributed by atoms with Crippen molar-refractivity contribution in [3.05, 3.63) is 29.8 Å². The minimum atomic E-state index is 0.223. The molecule has 0 spiro atoms. The molecule has 0 fully saturated rings. The summed E-state index contributed by atoms with van der Waals surface area (Å²) in [5.41, 5.74) is 1.18. The zero-order valence-electron chi connectivity index (χ0n) is 9.86. The van der Waals surface area contributed by atoms with Crippen LogP contribution in [-0.2, 0) is 6.54 Å². The standard InChI is InChI=1S/C13H18N2O/c1-3-16-13-6-4-5-12(9-13)10-15-11(2)7-8-14/h4-6,9,11,15H,3,7,10H2,1-2H3. The van der Waals surface area contributed by atoms with Crippen LogP contribution in [0.1, 0.15) is 25.8 Å². The van der Waals surface area contributed by atoms with Gasteiger partial charge in [0.05, 0.1) is 19.1 Å². The van der Waals surface area contributed by atoms with Crippen molar-refractivity contribution in [1.29, 1.82) is 5.26 Å². The molecule has 0 bridgehead atoms. The third kappa shape index (κ3) is 4.33. The van der Waals surface area contributed by atoms with E-state index in [9.17, 15) is 0 Å². The Bertz CT molecular complexity index is 357. The summed E-state index contributed by atoms with van der Waals surface area (Å²) in [5, 5.41) is 11.8. The fraction of sp³-hybridized carbons (Fsp3) is 0.462. The van der Waals surface area contributed by atoms with Gasteiger partial charge in [-0.2, -0.15) is 5.26 Å². The molecule has 0 saturated carbocycles. The first kappa shape index (κ1) is 12.5. The maximum atomic E-state index is 8.54. The Morgan fingerprint density at radius 1 is 1.50 bits per heavy atom. The quantitative estimate of drug-likeness (QED) is 0.797. The van der Waals surface area contributed by atoms with Crippen LogP contribution in [0.4, 0.5) is 0 Å². The zero-order chi connectivity index (χ0) is 11.8. The lowest BCUT2D eigenvalue weighted by Crippen LogP contribution is -2.24. The molecule has 0 radical (unpaired) electrons. The number of hydrogen-bond acceptors (Lipinski definition) is 3. The van der Waals surface area contributed by atoms with Crippen molar-refractivity contribution >= 4 is 0 Å². The molecule has 3 nitrogen and oxygen atoms in total. The molecule has 0 amide bonds. The van der Waals surface area contributed by atoms with Gasteiger partial charge in [0.2, 0.25) is 0 Å². The first-order chi connectivity index (χ1) is 7.76.